The van der Waals surface area contributed by atoms with Gasteiger partial charge in [-0.3, -0.25) is 4.79 Å². The normalized spacial score (nSPS) is 31.6. The van der Waals surface area contributed by atoms with Crippen LogP contribution in [0.4, 0.5) is 0 Å². The van der Waals surface area contributed by atoms with Gasteiger partial charge in [-0.05, 0) is 38.5 Å². The van der Waals surface area contributed by atoms with Gasteiger partial charge < -0.3 is 89.9 Å². The quantitative estimate of drug-likeness (QED) is 0.0304. The van der Waals surface area contributed by atoms with Crippen molar-refractivity contribution in [2.45, 2.75) is 291 Å². The number of hydrogen-bond acceptors (Lipinski definition) is 18. The number of allylic oxidation sites excluding steroid dienone is 3. The van der Waals surface area contributed by atoms with E-state index in [9.17, 15) is 61.0 Å². The molecule has 3 aliphatic rings. The average Bonchev–Trinajstić information content (AvgIpc) is 3.40. The van der Waals surface area contributed by atoms with Gasteiger partial charge in [-0.1, -0.05) is 167 Å². The first-order valence-corrected chi connectivity index (χ1v) is 28.6. The van der Waals surface area contributed by atoms with Gasteiger partial charge in [-0.15, -0.1) is 0 Å². The number of carbonyl (C=O) groups excluding carboxylic acids is 1. The van der Waals surface area contributed by atoms with E-state index in [1.54, 1.807) is 6.08 Å². The van der Waals surface area contributed by atoms with Crippen LogP contribution in [0.1, 0.15) is 187 Å². The molecule has 17 atom stereocenters. The molecule has 0 aromatic carbocycles. The highest BCUT2D eigenvalue weighted by molar-refractivity contribution is 5.76. The highest BCUT2D eigenvalue weighted by Crippen LogP contribution is 2.33. The van der Waals surface area contributed by atoms with E-state index in [0.717, 1.165) is 70.6 Å². The van der Waals surface area contributed by atoms with Crippen LogP contribution in [-0.4, -0.2) is 193 Å². The van der Waals surface area contributed by atoms with Crippen LogP contribution in [0.3, 0.4) is 0 Å². The summed E-state index contributed by atoms with van der Waals surface area (Å²) in [6.07, 6.45) is 11.8. The largest absolute Gasteiger partial charge is 0.394 e. The lowest BCUT2D eigenvalue weighted by Gasteiger charge is -2.48. The fourth-order valence-corrected chi connectivity index (χ4v) is 9.72. The second kappa shape index (κ2) is 39.6. The molecule has 1 amide bonds. The Morgan fingerprint density at radius 3 is 1.36 bits per heavy atom. The molecular weight excluding hydrogens is 963 g/mol. The van der Waals surface area contributed by atoms with Crippen LogP contribution in [0.25, 0.3) is 0 Å². The molecule has 3 aliphatic heterocycles. The number of aliphatic hydroxyl groups excluding tert-OH is 11. The number of unbranched alkanes of at least 4 members (excludes halogenated alkanes) is 23. The SMILES string of the molecule is CCC/C=C\CCCCCCCC(=O)NC(COC1OC(CO)C(OC2OC(CO)C(OC3OC(CO)C(O)C(O)C3O)C(O)C2O)C(O)C1O)C(O)/C=C/CCCCCCCCCCCCCCCCCCC. The van der Waals surface area contributed by atoms with Gasteiger partial charge in [0, 0.05) is 6.42 Å². The summed E-state index contributed by atoms with van der Waals surface area (Å²) in [5.41, 5.74) is 0. The van der Waals surface area contributed by atoms with Crippen LogP contribution in [0.2, 0.25) is 0 Å². The number of nitrogens with one attached hydrogen (secondary N) is 1. The maximum absolute atomic E-state index is 13.2. The van der Waals surface area contributed by atoms with E-state index in [1.165, 1.54) is 89.9 Å². The van der Waals surface area contributed by atoms with Crippen molar-refractivity contribution in [2.75, 3.05) is 26.4 Å². The standard InChI is InChI=1S/C55H101NO18/c1-3-5-7-9-11-13-15-16-17-18-19-20-21-22-23-24-26-28-30-32-39(60)38(56-43(61)33-31-29-27-25-14-12-10-8-6-4-2)37-69-53-49(67)46(64)51(41(35-58)71-53)74-55-50(68)47(65)52(42(36-59)72-55)73-54-48(66)45(63)44(62)40(34-57)70-54/h8,10,30,32,38-42,44-55,57-60,62-68H,3-7,9,11-29,31,33-37H2,1-2H3,(H,56,61)/b10-8-,32-30+. The fourth-order valence-electron chi connectivity index (χ4n) is 9.72. The molecule has 0 aromatic heterocycles. The van der Waals surface area contributed by atoms with E-state index in [1.807, 2.05) is 6.08 Å². The highest BCUT2D eigenvalue weighted by atomic mass is 16.8. The predicted octanol–water partition coefficient (Wildman–Crippen LogP) is 3.98. The zero-order chi connectivity index (χ0) is 54.1. The summed E-state index contributed by atoms with van der Waals surface area (Å²) >= 11 is 0. The molecule has 3 fully saturated rings. The molecule has 0 saturated carbocycles. The summed E-state index contributed by atoms with van der Waals surface area (Å²) in [6, 6.07) is -0.973. The van der Waals surface area contributed by atoms with Gasteiger partial charge >= 0.3 is 0 Å². The van der Waals surface area contributed by atoms with Crippen molar-refractivity contribution in [3.8, 4) is 0 Å². The third-order valence-electron chi connectivity index (χ3n) is 14.5. The summed E-state index contributed by atoms with van der Waals surface area (Å²) in [4.78, 5) is 13.2. The van der Waals surface area contributed by atoms with Crippen molar-refractivity contribution in [3.05, 3.63) is 24.3 Å². The molecule has 3 heterocycles. The lowest BCUT2D eigenvalue weighted by Crippen LogP contribution is -2.66. The smallest absolute Gasteiger partial charge is 0.220 e. The van der Waals surface area contributed by atoms with Gasteiger partial charge in [0.15, 0.2) is 18.9 Å². The lowest BCUT2D eigenvalue weighted by molar-refractivity contribution is -0.379. The molecule has 3 rings (SSSR count). The fraction of sp³-hybridized carbons (Fsp3) is 0.909. The average molecular weight is 1060 g/mol. The van der Waals surface area contributed by atoms with Crippen molar-refractivity contribution in [3.63, 3.8) is 0 Å². The summed E-state index contributed by atoms with van der Waals surface area (Å²) in [5, 5.41) is 120. The zero-order valence-electron chi connectivity index (χ0n) is 44.8. The molecule has 0 aromatic rings. The molecule has 0 bridgehead atoms. The van der Waals surface area contributed by atoms with Gasteiger partial charge in [0.05, 0.1) is 38.6 Å². The van der Waals surface area contributed by atoms with Crippen molar-refractivity contribution < 1.29 is 89.4 Å². The third kappa shape index (κ3) is 24.1. The Morgan fingerprint density at radius 1 is 0.473 bits per heavy atom. The molecule has 3 saturated heterocycles. The van der Waals surface area contributed by atoms with E-state index in [0.29, 0.717) is 6.42 Å². The summed E-state index contributed by atoms with van der Waals surface area (Å²) in [6.45, 7) is 1.64. The number of aliphatic hydroxyl groups is 11. The summed E-state index contributed by atoms with van der Waals surface area (Å²) in [5.74, 6) is -0.288. The van der Waals surface area contributed by atoms with Crippen LogP contribution >= 0.6 is 0 Å². The van der Waals surface area contributed by atoms with Crippen molar-refractivity contribution in [1.29, 1.82) is 0 Å². The minimum Gasteiger partial charge on any atom is -0.394 e. The molecule has 0 aliphatic carbocycles. The first-order valence-electron chi connectivity index (χ1n) is 28.6. The number of carbonyl (C=O) groups is 1. The number of hydrogen-bond donors (Lipinski definition) is 12. The molecule has 17 unspecified atom stereocenters. The Hall–Kier alpha value is -1.73. The van der Waals surface area contributed by atoms with Gasteiger partial charge in [0.1, 0.15) is 73.2 Å². The molecule has 74 heavy (non-hydrogen) atoms. The highest BCUT2D eigenvalue weighted by Gasteiger charge is 2.53. The monoisotopic (exact) mass is 1060 g/mol. The van der Waals surface area contributed by atoms with Crippen molar-refractivity contribution in [2.24, 2.45) is 0 Å². The molecular formula is C55H101NO18. The van der Waals surface area contributed by atoms with Gasteiger partial charge in [0.2, 0.25) is 5.91 Å². The maximum atomic E-state index is 13.2. The Balaban J connectivity index is 1.51. The minimum absolute atomic E-state index is 0.233. The van der Waals surface area contributed by atoms with Crippen LogP contribution in [0, 0.1) is 0 Å². The first kappa shape index (κ1) is 66.5. The third-order valence-corrected chi connectivity index (χ3v) is 14.5. The van der Waals surface area contributed by atoms with Crippen LogP contribution in [0.15, 0.2) is 24.3 Å². The number of amides is 1. The van der Waals surface area contributed by atoms with Crippen molar-refractivity contribution >= 4 is 5.91 Å². The molecule has 0 spiro atoms. The Morgan fingerprint density at radius 2 is 0.878 bits per heavy atom. The minimum atomic E-state index is -1.98. The summed E-state index contributed by atoms with van der Waals surface area (Å²) < 4.78 is 34.2. The molecule has 434 valence electrons. The van der Waals surface area contributed by atoms with E-state index in [4.69, 9.17) is 28.4 Å². The zero-order valence-corrected chi connectivity index (χ0v) is 44.8. The van der Waals surface area contributed by atoms with Gasteiger partial charge in [-0.2, -0.15) is 0 Å². The number of rotatable bonds is 41. The molecule has 19 heteroatoms. The second-order valence-corrected chi connectivity index (χ2v) is 20.8. The van der Waals surface area contributed by atoms with Crippen LogP contribution in [0.5, 0.6) is 0 Å². The van der Waals surface area contributed by atoms with E-state index in [2.05, 4.69) is 31.3 Å². The second-order valence-electron chi connectivity index (χ2n) is 20.8. The van der Waals surface area contributed by atoms with E-state index in [-0.39, 0.29) is 18.9 Å². The van der Waals surface area contributed by atoms with E-state index < -0.39 is 124 Å². The van der Waals surface area contributed by atoms with Gasteiger partial charge in [-0.25, -0.2) is 0 Å². The molecule has 0 radical (unpaired) electrons. The van der Waals surface area contributed by atoms with Gasteiger partial charge in [0.25, 0.3) is 0 Å². The first-order chi connectivity index (χ1) is 35.8. The topological polar surface area (TPSA) is 307 Å². The predicted molar refractivity (Wildman–Crippen MR) is 277 cm³/mol. The Bertz CT molecular complexity index is 1460. The van der Waals surface area contributed by atoms with Crippen LogP contribution < -0.4 is 5.32 Å². The Kier molecular flexibility index (Phi) is 35.6. The van der Waals surface area contributed by atoms with E-state index >= 15 is 0 Å². The van der Waals surface area contributed by atoms with Crippen molar-refractivity contribution in [1.82, 2.24) is 5.32 Å². The molecule has 19 nitrogen and oxygen atoms in total. The van der Waals surface area contributed by atoms with Crippen LogP contribution in [-0.2, 0) is 33.2 Å². The maximum Gasteiger partial charge on any atom is 0.220 e. The summed E-state index contributed by atoms with van der Waals surface area (Å²) in [7, 11) is 0. The lowest BCUT2D eigenvalue weighted by atomic mass is 9.96. The Labute approximate surface area is 441 Å². The molecule has 12 N–H and O–H groups in total. The number of ether oxygens (including phenoxy) is 6.